The third kappa shape index (κ3) is 5.03. The minimum Gasteiger partial charge on any atom is -0.489 e. The van der Waals surface area contributed by atoms with Crippen LogP contribution in [0.1, 0.15) is 54.9 Å². The first-order valence-electron chi connectivity index (χ1n) is 12.9. The van der Waals surface area contributed by atoms with Gasteiger partial charge in [-0.3, -0.25) is 14.7 Å². The van der Waals surface area contributed by atoms with Crippen molar-refractivity contribution in [3.05, 3.63) is 111 Å². The molecule has 2 aliphatic rings. The second-order valence-corrected chi connectivity index (χ2v) is 11.5. The number of nitriles is 1. The van der Waals surface area contributed by atoms with E-state index in [4.69, 9.17) is 22.1 Å². The molecule has 0 fully saturated rings. The Morgan fingerprint density at radius 2 is 1.92 bits per heavy atom. The van der Waals surface area contributed by atoms with Crippen LogP contribution in [0.2, 0.25) is 5.02 Å². The SMILES string of the molecule is Cc1cc(COc2ccc(Cl)cc2)c(C)c(C2C(C#N)=C(N)N(c3cccnc3)C3=C2C(=O)CC(C)(C)C3)c1. The number of hydrogen-bond donors (Lipinski definition) is 1. The van der Waals surface area contributed by atoms with Crippen molar-refractivity contribution >= 4 is 23.1 Å². The van der Waals surface area contributed by atoms with Gasteiger partial charge >= 0.3 is 0 Å². The summed E-state index contributed by atoms with van der Waals surface area (Å²) in [4.78, 5) is 20.0. The Morgan fingerprint density at radius 1 is 1.18 bits per heavy atom. The van der Waals surface area contributed by atoms with E-state index in [9.17, 15) is 10.1 Å². The van der Waals surface area contributed by atoms with Crippen molar-refractivity contribution in [2.75, 3.05) is 4.90 Å². The van der Waals surface area contributed by atoms with Crippen molar-refractivity contribution < 1.29 is 9.53 Å². The van der Waals surface area contributed by atoms with Crippen LogP contribution in [0.5, 0.6) is 5.75 Å². The molecule has 7 heteroatoms. The number of rotatable bonds is 5. The Labute approximate surface area is 234 Å². The number of nitrogens with zero attached hydrogens (tertiary/aromatic N) is 3. The average molecular weight is 539 g/mol. The number of benzene rings is 2. The first kappa shape index (κ1) is 26.5. The van der Waals surface area contributed by atoms with E-state index in [1.807, 2.05) is 43.0 Å². The molecule has 1 unspecified atom stereocenters. The predicted molar refractivity (Wildman–Crippen MR) is 153 cm³/mol. The van der Waals surface area contributed by atoms with Crippen LogP contribution < -0.4 is 15.4 Å². The quantitative estimate of drug-likeness (QED) is 0.381. The Morgan fingerprint density at radius 3 is 2.59 bits per heavy atom. The van der Waals surface area contributed by atoms with Gasteiger partial charge in [-0.1, -0.05) is 43.1 Å². The zero-order chi connectivity index (χ0) is 27.9. The molecule has 198 valence electrons. The molecule has 6 nitrogen and oxygen atoms in total. The number of ether oxygens (including phenoxy) is 1. The van der Waals surface area contributed by atoms with Crippen molar-refractivity contribution in [3.63, 3.8) is 0 Å². The Hall–Kier alpha value is -4.08. The van der Waals surface area contributed by atoms with E-state index < -0.39 is 5.92 Å². The minimum atomic E-state index is -0.560. The summed E-state index contributed by atoms with van der Waals surface area (Å²) in [5, 5.41) is 11.1. The lowest BCUT2D eigenvalue weighted by Crippen LogP contribution is -2.42. The summed E-state index contributed by atoms with van der Waals surface area (Å²) in [5.41, 5.74) is 13.0. The molecule has 0 bridgehead atoms. The number of carbonyl (C=O) groups excluding carboxylic acids is 1. The van der Waals surface area contributed by atoms with Crippen LogP contribution in [0.25, 0.3) is 0 Å². The van der Waals surface area contributed by atoms with Gasteiger partial charge in [-0.05, 0) is 78.8 Å². The monoisotopic (exact) mass is 538 g/mol. The minimum absolute atomic E-state index is 0.0419. The van der Waals surface area contributed by atoms with E-state index >= 15 is 0 Å². The zero-order valence-corrected chi connectivity index (χ0v) is 23.3. The summed E-state index contributed by atoms with van der Waals surface area (Å²) in [6.07, 6.45) is 4.45. The molecule has 1 aliphatic carbocycles. The number of ketones is 1. The van der Waals surface area contributed by atoms with Crippen molar-refractivity contribution in [1.82, 2.24) is 4.98 Å². The number of carbonyl (C=O) groups is 1. The number of anilines is 1. The number of allylic oxidation sites excluding steroid dienone is 3. The molecule has 2 N–H and O–H groups in total. The van der Waals surface area contributed by atoms with Crippen LogP contribution in [0.4, 0.5) is 5.69 Å². The molecule has 3 aromatic rings. The highest BCUT2D eigenvalue weighted by Gasteiger charge is 2.45. The highest BCUT2D eigenvalue weighted by atomic mass is 35.5. The Bertz CT molecular complexity index is 1550. The normalized spacial score (nSPS) is 18.6. The maximum atomic E-state index is 13.9. The Kier molecular flexibility index (Phi) is 6.96. The van der Waals surface area contributed by atoms with Crippen LogP contribution in [0.15, 0.2) is 83.6 Å². The second kappa shape index (κ2) is 10.2. The standard InChI is InChI=1S/C32H31ClN4O2/c1-19-12-21(18-39-24-9-7-22(33)8-10-24)20(2)25(13-19)29-26(16-34)31(35)37(23-6-5-11-36-17-23)27-14-32(3,4)15-28(38)30(27)29/h5-13,17,29H,14-15,18,35H2,1-4H3. The van der Waals surface area contributed by atoms with Gasteiger partial charge in [-0.25, -0.2) is 0 Å². The molecule has 0 saturated carbocycles. The maximum absolute atomic E-state index is 13.9. The molecule has 2 heterocycles. The van der Waals surface area contributed by atoms with Crippen molar-refractivity contribution in [2.24, 2.45) is 11.1 Å². The topological polar surface area (TPSA) is 92.2 Å². The molecule has 2 aromatic carbocycles. The summed E-state index contributed by atoms with van der Waals surface area (Å²) in [6, 6.07) is 17.5. The number of pyridine rings is 1. The fourth-order valence-corrected chi connectivity index (χ4v) is 5.83. The van der Waals surface area contributed by atoms with Gasteiger partial charge in [0.25, 0.3) is 0 Å². The summed E-state index contributed by atoms with van der Waals surface area (Å²) >= 11 is 6.02. The molecule has 0 saturated heterocycles. The fraction of sp³-hybridized carbons (Fsp3) is 0.281. The third-order valence-electron chi connectivity index (χ3n) is 7.50. The van der Waals surface area contributed by atoms with E-state index in [1.54, 1.807) is 24.5 Å². The highest BCUT2D eigenvalue weighted by Crippen LogP contribution is 2.50. The van der Waals surface area contributed by atoms with Gasteiger partial charge in [0, 0.05) is 28.9 Å². The molecule has 0 spiro atoms. The van der Waals surface area contributed by atoms with Crippen LogP contribution in [-0.4, -0.2) is 10.8 Å². The summed E-state index contributed by atoms with van der Waals surface area (Å²) in [7, 11) is 0. The first-order valence-corrected chi connectivity index (χ1v) is 13.3. The number of hydrogen-bond acceptors (Lipinski definition) is 6. The lowest BCUT2D eigenvalue weighted by atomic mass is 9.68. The number of Topliss-reactive ketones (excluding diaryl/α,β-unsaturated/α-hetero) is 1. The van der Waals surface area contributed by atoms with E-state index in [1.165, 1.54) is 0 Å². The van der Waals surface area contributed by atoms with E-state index in [0.717, 1.165) is 33.6 Å². The number of nitrogens with two attached hydrogens (primary N) is 1. The highest BCUT2D eigenvalue weighted by molar-refractivity contribution is 6.30. The summed E-state index contributed by atoms with van der Waals surface area (Å²) in [6.45, 7) is 8.56. The average Bonchev–Trinajstić information content (AvgIpc) is 2.89. The summed E-state index contributed by atoms with van der Waals surface area (Å²) < 4.78 is 6.07. The van der Waals surface area contributed by atoms with E-state index in [2.05, 4.69) is 37.0 Å². The zero-order valence-electron chi connectivity index (χ0n) is 22.6. The Balaban J connectivity index is 1.66. The molecular weight excluding hydrogens is 508 g/mol. The van der Waals surface area contributed by atoms with Crippen LogP contribution in [0.3, 0.4) is 0 Å². The van der Waals surface area contributed by atoms with E-state index in [0.29, 0.717) is 47.2 Å². The third-order valence-corrected chi connectivity index (χ3v) is 7.76. The second-order valence-electron chi connectivity index (χ2n) is 11.1. The van der Waals surface area contributed by atoms with Crippen molar-refractivity contribution in [1.29, 1.82) is 5.26 Å². The first-order chi connectivity index (χ1) is 18.6. The van der Waals surface area contributed by atoms with Gasteiger partial charge < -0.3 is 10.5 Å². The molecule has 0 amide bonds. The van der Waals surface area contributed by atoms with Gasteiger partial charge in [-0.15, -0.1) is 0 Å². The van der Waals surface area contributed by atoms with Crippen molar-refractivity contribution in [2.45, 2.75) is 53.1 Å². The smallest absolute Gasteiger partial charge is 0.162 e. The van der Waals surface area contributed by atoms with Crippen LogP contribution in [-0.2, 0) is 11.4 Å². The van der Waals surface area contributed by atoms with Crippen LogP contribution >= 0.6 is 11.6 Å². The predicted octanol–water partition coefficient (Wildman–Crippen LogP) is 6.87. The maximum Gasteiger partial charge on any atom is 0.162 e. The molecule has 1 aliphatic heterocycles. The van der Waals surface area contributed by atoms with Gasteiger partial charge in [0.15, 0.2) is 5.78 Å². The molecule has 0 radical (unpaired) electrons. The molecule has 1 aromatic heterocycles. The van der Waals surface area contributed by atoms with Gasteiger partial charge in [-0.2, -0.15) is 5.26 Å². The van der Waals surface area contributed by atoms with Crippen LogP contribution in [0, 0.1) is 30.6 Å². The fourth-order valence-electron chi connectivity index (χ4n) is 5.71. The van der Waals surface area contributed by atoms with Gasteiger partial charge in [0.2, 0.25) is 0 Å². The number of halogens is 1. The molecule has 39 heavy (non-hydrogen) atoms. The van der Waals surface area contributed by atoms with Gasteiger partial charge in [0.1, 0.15) is 18.2 Å². The number of aromatic nitrogens is 1. The van der Waals surface area contributed by atoms with Gasteiger partial charge in [0.05, 0.1) is 29.4 Å². The van der Waals surface area contributed by atoms with Crippen molar-refractivity contribution in [3.8, 4) is 11.8 Å². The van der Waals surface area contributed by atoms with E-state index in [-0.39, 0.29) is 11.2 Å². The lowest BCUT2D eigenvalue weighted by Gasteiger charge is -2.44. The number of aryl methyl sites for hydroxylation is 1. The summed E-state index contributed by atoms with van der Waals surface area (Å²) in [5.74, 6) is 0.527. The molecule has 5 rings (SSSR count). The molecular formula is C32H31ClN4O2. The largest absolute Gasteiger partial charge is 0.489 e. The molecule has 1 atom stereocenters. The lowest BCUT2D eigenvalue weighted by molar-refractivity contribution is -0.118.